The van der Waals surface area contributed by atoms with Gasteiger partial charge in [0.25, 0.3) is 5.91 Å². The van der Waals surface area contributed by atoms with E-state index in [2.05, 4.69) is 5.32 Å². The summed E-state index contributed by atoms with van der Waals surface area (Å²) in [6, 6.07) is 15.6. The summed E-state index contributed by atoms with van der Waals surface area (Å²) in [6.07, 6.45) is 5.94. The number of amides is 2. The molecule has 0 saturated heterocycles. The molecule has 1 N–H and O–H groups in total. The number of carbonyl (C=O) groups excluding carboxylic acids is 2. The van der Waals surface area contributed by atoms with Crippen LogP contribution in [-0.4, -0.2) is 30.4 Å². The van der Waals surface area contributed by atoms with Crippen molar-refractivity contribution in [3.63, 3.8) is 0 Å². The molecule has 0 spiro atoms. The third-order valence-electron chi connectivity index (χ3n) is 6.52. The van der Waals surface area contributed by atoms with Crippen LogP contribution in [0.2, 0.25) is 0 Å². The van der Waals surface area contributed by atoms with Gasteiger partial charge in [0.1, 0.15) is 5.75 Å². The zero-order valence-electron chi connectivity index (χ0n) is 17.7. The van der Waals surface area contributed by atoms with E-state index in [1.807, 2.05) is 53.4 Å². The minimum atomic E-state index is -0.125. The maximum absolute atomic E-state index is 12.9. The minimum Gasteiger partial charge on any atom is -0.497 e. The number of methoxy groups -OCH3 is 1. The zero-order valence-corrected chi connectivity index (χ0v) is 17.7. The summed E-state index contributed by atoms with van der Waals surface area (Å²) in [4.78, 5) is 27.7. The second kappa shape index (κ2) is 8.90. The fraction of sp³-hybridized carbons (Fsp3) is 0.440. The predicted octanol–water partition coefficient (Wildman–Crippen LogP) is 4.31. The molecule has 5 nitrogen and oxygen atoms in total. The normalized spacial score (nSPS) is 17.5. The van der Waals surface area contributed by atoms with Crippen molar-refractivity contribution < 1.29 is 14.3 Å². The molecule has 30 heavy (non-hydrogen) atoms. The highest BCUT2D eigenvalue weighted by molar-refractivity contribution is 5.98. The monoisotopic (exact) mass is 406 g/mol. The maximum Gasteiger partial charge on any atom is 0.254 e. The number of carbonyl (C=O) groups is 2. The summed E-state index contributed by atoms with van der Waals surface area (Å²) >= 11 is 0. The van der Waals surface area contributed by atoms with Crippen LogP contribution in [0, 0.1) is 5.41 Å². The van der Waals surface area contributed by atoms with Crippen LogP contribution >= 0.6 is 0 Å². The lowest BCUT2D eigenvalue weighted by Gasteiger charge is -2.39. The van der Waals surface area contributed by atoms with Crippen LogP contribution in [0.15, 0.2) is 48.5 Å². The summed E-state index contributed by atoms with van der Waals surface area (Å²) in [5, 5.41) is 3.08. The molecule has 2 aliphatic rings. The van der Waals surface area contributed by atoms with Gasteiger partial charge in [-0.3, -0.25) is 9.59 Å². The van der Waals surface area contributed by atoms with Crippen LogP contribution in [0.25, 0.3) is 0 Å². The van der Waals surface area contributed by atoms with Gasteiger partial charge < -0.3 is 15.0 Å². The first-order valence-electron chi connectivity index (χ1n) is 10.9. The number of hydrogen-bond donors (Lipinski definition) is 1. The van der Waals surface area contributed by atoms with Crippen molar-refractivity contribution in [1.29, 1.82) is 0 Å². The molecular weight excluding hydrogens is 376 g/mol. The van der Waals surface area contributed by atoms with Crippen LogP contribution in [0.4, 0.5) is 0 Å². The van der Waals surface area contributed by atoms with Crippen molar-refractivity contribution in [3.8, 4) is 5.75 Å². The Kier molecular flexibility index (Phi) is 6.07. The van der Waals surface area contributed by atoms with Gasteiger partial charge >= 0.3 is 0 Å². The maximum atomic E-state index is 12.9. The topological polar surface area (TPSA) is 58.6 Å². The quantitative estimate of drug-likeness (QED) is 0.745. The molecule has 1 saturated carbocycles. The third kappa shape index (κ3) is 4.50. The Balaban J connectivity index is 1.39. The van der Waals surface area contributed by atoms with Crippen LogP contribution in [0.1, 0.15) is 60.0 Å². The van der Waals surface area contributed by atoms with E-state index in [9.17, 15) is 9.59 Å². The molecule has 158 valence electrons. The predicted molar refractivity (Wildman–Crippen MR) is 116 cm³/mol. The van der Waals surface area contributed by atoms with Gasteiger partial charge in [-0.25, -0.2) is 0 Å². The first-order valence-corrected chi connectivity index (χ1v) is 10.9. The molecule has 0 radical (unpaired) electrons. The summed E-state index contributed by atoms with van der Waals surface area (Å²) in [5.41, 5.74) is 2.83. The van der Waals surface area contributed by atoms with Gasteiger partial charge in [-0.2, -0.15) is 0 Å². The van der Waals surface area contributed by atoms with E-state index in [4.69, 9.17) is 4.74 Å². The smallest absolute Gasteiger partial charge is 0.254 e. The number of fused-ring (bicyclic) bond motifs is 1. The second-order valence-corrected chi connectivity index (χ2v) is 8.68. The van der Waals surface area contributed by atoms with Crippen molar-refractivity contribution >= 4 is 11.8 Å². The van der Waals surface area contributed by atoms with Crippen molar-refractivity contribution in [2.45, 2.75) is 51.6 Å². The molecule has 2 aromatic rings. The average Bonchev–Trinajstić information content (AvgIpc) is 3.08. The van der Waals surface area contributed by atoms with E-state index in [1.165, 1.54) is 6.42 Å². The van der Waals surface area contributed by atoms with Crippen molar-refractivity contribution in [2.24, 2.45) is 5.41 Å². The van der Waals surface area contributed by atoms with Crippen LogP contribution in [0.3, 0.4) is 0 Å². The first-order chi connectivity index (χ1) is 14.6. The summed E-state index contributed by atoms with van der Waals surface area (Å²) < 4.78 is 5.18. The molecule has 0 aromatic heterocycles. The fourth-order valence-electron chi connectivity index (χ4n) is 4.89. The number of ether oxygens (including phenoxy) is 1. The Morgan fingerprint density at radius 2 is 1.80 bits per heavy atom. The standard InChI is InChI=1S/C25H30N2O3/c1-30-21-11-9-19(10-12-21)16-26-23(28)15-25(13-5-2-6-14-25)18-27-17-20-7-3-4-8-22(20)24(27)29/h3-4,7-12H,2,5-6,13-18H2,1H3,(H,26,28). The van der Waals surface area contributed by atoms with Crippen LogP contribution in [0.5, 0.6) is 5.75 Å². The minimum absolute atomic E-state index is 0.0666. The average molecular weight is 407 g/mol. The van der Waals surface area contributed by atoms with Gasteiger partial charge in [0.15, 0.2) is 0 Å². The number of hydrogen-bond acceptors (Lipinski definition) is 3. The van der Waals surface area contributed by atoms with Crippen molar-refractivity contribution in [2.75, 3.05) is 13.7 Å². The van der Waals surface area contributed by atoms with Gasteiger partial charge in [0.05, 0.1) is 7.11 Å². The molecular formula is C25H30N2O3. The summed E-state index contributed by atoms with van der Waals surface area (Å²) in [7, 11) is 1.64. The summed E-state index contributed by atoms with van der Waals surface area (Å²) in [5.74, 6) is 0.980. The molecule has 1 aliphatic carbocycles. The van der Waals surface area contributed by atoms with Gasteiger partial charge in [-0.05, 0) is 47.6 Å². The molecule has 2 aromatic carbocycles. The molecule has 0 bridgehead atoms. The van der Waals surface area contributed by atoms with E-state index >= 15 is 0 Å². The molecule has 0 atom stereocenters. The van der Waals surface area contributed by atoms with Gasteiger partial charge in [-0.1, -0.05) is 49.6 Å². The molecule has 4 rings (SSSR count). The van der Waals surface area contributed by atoms with Crippen molar-refractivity contribution in [3.05, 3.63) is 65.2 Å². The zero-order chi connectivity index (χ0) is 21.0. The second-order valence-electron chi connectivity index (χ2n) is 8.68. The Morgan fingerprint density at radius 3 is 2.50 bits per heavy atom. The largest absolute Gasteiger partial charge is 0.497 e. The molecule has 2 amide bonds. The SMILES string of the molecule is COc1ccc(CNC(=O)CC2(CN3Cc4ccccc4C3=O)CCCCC2)cc1. The van der Waals surface area contributed by atoms with Crippen molar-refractivity contribution in [1.82, 2.24) is 10.2 Å². The van der Waals surface area contributed by atoms with E-state index in [0.29, 0.717) is 26.1 Å². The Morgan fingerprint density at radius 1 is 1.07 bits per heavy atom. The lowest BCUT2D eigenvalue weighted by Crippen LogP contribution is -2.42. The van der Waals surface area contributed by atoms with E-state index in [-0.39, 0.29) is 17.2 Å². The molecule has 1 heterocycles. The third-order valence-corrected chi connectivity index (χ3v) is 6.52. The number of nitrogens with zero attached hydrogens (tertiary/aromatic N) is 1. The Bertz CT molecular complexity index is 901. The van der Waals surface area contributed by atoms with E-state index < -0.39 is 0 Å². The molecule has 5 heteroatoms. The fourth-order valence-corrected chi connectivity index (χ4v) is 4.89. The van der Waals surface area contributed by atoms with E-state index in [1.54, 1.807) is 7.11 Å². The molecule has 1 aliphatic heterocycles. The van der Waals surface area contributed by atoms with Gasteiger partial charge in [-0.15, -0.1) is 0 Å². The lowest BCUT2D eigenvalue weighted by molar-refractivity contribution is -0.124. The first kappa shape index (κ1) is 20.5. The highest BCUT2D eigenvalue weighted by Gasteiger charge is 2.39. The Hall–Kier alpha value is -2.82. The molecule has 0 unspecified atom stereocenters. The highest BCUT2D eigenvalue weighted by atomic mass is 16.5. The molecule has 1 fully saturated rings. The van der Waals surface area contributed by atoms with E-state index in [0.717, 1.165) is 48.1 Å². The van der Waals surface area contributed by atoms with Crippen LogP contribution in [-0.2, 0) is 17.9 Å². The number of rotatable bonds is 7. The number of nitrogens with one attached hydrogen (secondary N) is 1. The van der Waals surface area contributed by atoms with Gasteiger partial charge in [0.2, 0.25) is 5.91 Å². The van der Waals surface area contributed by atoms with Crippen LogP contribution < -0.4 is 10.1 Å². The Labute approximate surface area is 178 Å². The summed E-state index contributed by atoms with van der Waals surface area (Å²) in [6.45, 7) is 1.83. The lowest BCUT2D eigenvalue weighted by atomic mass is 9.71. The van der Waals surface area contributed by atoms with Gasteiger partial charge in [0, 0.05) is 31.6 Å². The highest BCUT2D eigenvalue weighted by Crippen LogP contribution is 2.41. The number of benzene rings is 2.